The molecule has 0 aliphatic heterocycles. The van der Waals surface area contributed by atoms with Gasteiger partial charge in [-0.2, -0.15) is 5.26 Å². The van der Waals surface area contributed by atoms with Crippen molar-refractivity contribution in [3.05, 3.63) is 64.7 Å². The molecule has 124 valence electrons. The van der Waals surface area contributed by atoms with Crippen LogP contribution in [0.2, 0.25) is 0 Å². The van der Waals surface area contributed by atoms with Crippen molar-refractivity contribution in [2.24, 2.45) is 0 Å². The van der Waals surface area contributed by atoms with Crippen molar-refractivity contribution >= 4 is 11.6 Å². The Labute approximate surface area is 141 Å². The Morgan fingerprint density at radius 1 is 1.29 bits per heavy atom. The van der Waals surface area contributed by atoms with Crippen LogP contribution in [0.1, 0.15) is 40.0 Å². The van der Waals surface area contributed by atoms with Crippen molar-refractivity contribution in [3.63, 3.8) is 0 Å². The third-order valence-corrected chi connectivity index (χ3v) is 3.86. The van der Waals surface area contributed by atoms with Crippen LogP contribution in [0.4, 0.5) is 5.69 Å². The van der Waals surface area contributed by atoms with Crippen LogP contribution >= 0.6 is 0 Å². The summed E-state index contributed by atoms with van der Waals surface area (Å²) < 4.78 is 0. The molecular formula is C19H21N3O2. The molecule has 0 heterocycles. The number of amides is 1. The maximum atomic E-state index is 12.1. The zero-order valence-corrected chi connectivity index (χ0v) is 13.8. The van der Waals surface area contributed by atoms with Crippen LogP contribution in [0.5, 0.6) is 0 Å². The number of rotatable bonds is 6. The summed E-state index contributed by atoms with van der Waals surface area (Å²) in [6.07, 6.45) is 0. The molecule has 0 bridgehead atoms. The predicted octanol–water partition coefficient (Wildman–Crippen LogP) is 2.76. The molecule has 1 unspecified atom stereocenters. The Hall–Kier alpha value is -2.84. The van der Waals surface area contributed by atoms with Crippen molar-refractivity contribution < 1.29 is 9.90 Å². The summed E-state index contributed by atoms with van der Waals surface area (Å²) in [5.41, 5.74) is 3.91. The fourth-order valence-electron chi connectivity index (χ4n) is 2.50. The van der Waals surface area contributed by atoms with Crippen LogP contribution in [-0.4, -0.2) is 24.2 Å². The Balaban J connectivity index is 2.20. The summed E-state index contributed by atoms with van der Waals surface area (Å²) in [6.45, 7) is 4.03. The highest BCUT2D eigenvalue weighted by molar-refractivity contribution is 5.97. The topological polar surface area (TPSA) is 85.2 Å². The lowest BCUT2D eigenvalue weighted by Gasteiger charge is -2.19. The average molecular weight is 323 g/mol. The van der Waals surface area contributed by atoms with Crippen LogP contribution in [0.15, 0.2) is 42.5 Å². The van der Waals surface area contributed by atoms with E-state index in [0.29, 0.717) is 11.1 Å². The highest BCUT2D eigenvalue weighted by atomic mass is 16.3. The minimum Gasteiger partial charge on any atom is -0.395 e. The van der Waals surface area contributed by atoms with E-state index in [4.69, 9.17) is 10.4 Å². The van der Waals surface area contributed by atoms with E-state index >= 15 is 0 Å². The Morgan fingerprint density at radius 2 is 2.04 bits per heavy atom. The molecule has 0 radical (unpaired) electrons. The number of carbonyl (C=O) groups is 1. The average Bonchev–Trinajstić information content (AvgIpc) is 2.61. The van der Waals surface area contributed by atoms with E-state index < -0.39 is 0 Å². The van der Waals surface area contributed by atoms with Crippen LogP contribution in [0.25, 0.3) is 0 Å². The molecule has 0 spiro atoms. The van der Waals surface area contributed by atoms with E-state index in [1.807, 2.05) is 44.2 Å². The lowest BCUT2D eigenvalue weighted by Crippen LogP contribution is -2.27. The molecule has 2 aromatic carbocycles. The van der Waals surface area contributed by atoms with Gasteiger partial charge in [0.2, 0.25) is 0 Å². The molecule has 2 aromatic rings. The molecule has 5 nitrogen and oxygen atoms in total. The molecule has 1 atom stereocenters. The third-order valence-electron chi connectivity index (χ3n) is 3.86. The lowest BCUT2D eigenvalue weighted by atomic mass is 10.0. The monoisotopic (exact) mass is 323 g/mol. The maximum absolute atomic E-state index is 12.1. The van der Waals surface area contributed by atoms with Gasteiger partial charge in [0.05, 0.1) is 18.2 Å². The molecule has 3 N–H and O–H groups in total. The van der Waals surface area contributed by atoms with E-state index in [0.717, 1.165) is 16.8 Å². The lowest BCUT2D eigenvalue weighted by molar-refractivity contribution is 0.0944. The second-order valence-corrected chi connectivity index (χ2v) is 5.56. The first-order chi connectivity index (χ1) is 11.6. The first kappa shape index (κ1) is 17.5. The van der Waals surface area contributed by atoms with Gasteiger partial charge in [0, 0.05) is 23.8 Å². The minimum absolute atomic E-state index is 0.00671. The van der Waals surface area contributed by atoms with E-state index in [-0.39, 0.29) is 25.1 Å². The molecule has 0 aliphatic rings. The maximum Gasteiger partial charge on any atom is 0.251 e. The quantitative estimate of drug-likeness (QED) is 0.763. The summed E-state index contributed by atoms with van der Waals surface area (Å²) >= 11 is 0. The number of anilines is 1. The first-order valence-electron chi connectivity index (χ1n) is 7.82. The van der Waals surface area contributed by atoms with Gasteiger partial charge in [-0.15, -0.1) is 0 Å². The molecule has 0 fully saturated rings. The summed E-state index contributed by atoms with van der Waals surface area (Å²) in [5, 5.41) is 23.9. The van der Waals surface area contributed by atoms with Crippen LogP contribution < -0.4 is 10.6 Å². The minimum atomic E-state index is -0.204. The standard InChI is InChI=1S/C19H21N3O2/c1-13-17(19(24)21-9-10-23)7-4-8-18(13)22-14(2)16-6-3-5-15(11-16)12-20/h3-8,11,14,22-23H,9-10H2,1-2H3,(H,21,24). The third kappa shape index (κ3) is 4.12. The predicted molar refractivity (Wildman–Crippen MR) is 93.8 cm³/mol. The molecule has 2 rings (SSSR count). The summed E-state index contributed by atoms with van der Waals surface area (Å²) in [6, 6.07) is 15.1. The van der Waals surface area contributed by atoms with Crippen LogP contribution in [-0.2, 0) is 0 Å². The summed E-state index contributed by atoms with van der Waals surface area (Å²) in [4.78, 5) is 12.1. The molecule has 1 amide bonds. The Morgan fingerprint density at radius 3 is 2.75 bits per heavy atom. The van der Waals surface area contributed by atoms with Gasteiger partial charge < -0.3 is 15.7 Å². The van der Waals surface area contributed by atoms with Gasteiger partial charge in [0.1, 0.15) is 0 Å². The molecule has 24 heavy (non-hydrogen) atoms. The fourth-order valence-corrected chi connectivity index (χ4v) is 2.50. The van der Waals surface area contributed by atoms with Crippen molar-refractivity contribution in [2.45, 2.75) is 19.9 Å². The smallest absolute Gasteiger partial charge is 0.251 e. The Kier molecular flexibility index (Phi) is 5.94. The number of hydrogen-bond acceptors (Lipinski definition) is 4. The number of nitrogens with zero attached hydrogens (tertiary/aromatic N) is 1. The van der Waals surface area contributed by atoms with Crippen LogP contribution in [0.3, 0.4) is 0 Å². The largest absolute Gasteiger partial charge is 0.395 e. The first-order valence-corrected chi connectivity index (χ1v) is 7.82. The SMILES string of the molecule is Cc1c(NC(C)c2cccc(C#N)c2)cccc1C(=O)NCCO. The number of nitrogens with one attached hydrogen (secondary N) is 2. The van der Waals surface area contributed by atoms with Gasteiger partial charge >= 0.3 is 0 Å². The fraction of sp³-hybridized carbons (Fsp3) is 0.263. The number of nitriles is 1. The highest BCUT2D eigenvalue weighted by Gasteiger charge is 2.13. The second kappa shape index (κ2) is 8.14. The van der Waals surface area contributed by atoms with Gasteiger partial charge in [0.15, 0.2) is 0 Å². The number of aliphatic hydroxyl groups excluding tert-OH is 1. The van der Waals surface area contributed by atoms with E-state index in [2.05, 4.69) is 16.7 Å². The van der Waals surface area contributed by atoms with Gasteiger partial charge in [-0.1, -0.05) is 18.2 Å². The zero-order valence-electron chi connectivity index (χ0n) is 13.8. The number of hydrogen-bond donors (Lipinski definition) is 3. The van der Waals surface area contributed by atoms with Crippen molar-refractivity contribution in [2.75, 3.05) is 18.5 Å². The van der Waals surface area contributed by atoms with Gasteiger partial charge in [0.25, 0.3) is 5.91 Å². The van der Waals surface area contributed by atoms with Crippen LogP contribution in [0, 0.1) is 18.3 Å². The number of carbonyl (C=O) groups excluding carboxylic acids is 1. The van der Waals surface area contributed by atoms with Gasteiger partial charge in [-0.25, -0.2) is 0 Å². The van der Waals surface area contributed by atoms with Gasteiger partial charge in [-0.3, -0.25) is 4.79 Å². The number of aliphatic hydroxyl groups is 1. The van der Waals surface area contributed by atoms with Crippen molar-refractivity contribution in [1.29, 1.82) is 5.26 Å². The highest BCUT2D eigenvalue weighted by Crippen LogP contribution is 2.24. The van der Waals surface area contributed by atoms with E-state index in [1.165, 1.54) is 0 Å². The second-order valence-electron chi connectivity index (χ2n) is 5.56. The summed E-state index contributed by atoms with van der Waals surface area (Å²) in [5.74, 6) is -0.204. The summed E-state index contributed by atoms with van der Waals surface area (Å²) in [7, 11) is 0. The normalized spacial score (nSPS) is 11.4. The molecular weight excluding hydrogens is 302 g/mol. The molecule has 5 heteroatoms. The van der Waals surface area contributed by atoms with Crippen molar-refractivity contribution in [1.82, 2.24) is 5.32 Å². The number of benzene rings is 2. The zero-order chi connectivity index (χ0) is 17.5. The molecule has 0 saturated carbocycles. The van der Waals surface area contributed by atoms with E-state index in [9.17, 15) is 4.79 Å². The Bertz CT molecular complexity index is 765. The van der Waals surface area contributed by atoms with Gasteiger partial charge in [-0.05, 0) is 49.2 Å². The molecule has 0 aromatic heterocycles. The molecule has 0 aliphatic carbocycles. The molecule has 0 saturated heterocycles. The van der Waals surface area contributed by atoms with Crippen molar-refractivity contribution in [3.8, 4) is 6.07 Å². The van der Waals surface area contributed by atoms with E-state index in [1.54, 1.807) is 12.1 Å².